The lowest BCUT2D eigenvalue weighted by Gasteiger charge is -2.12. The zero-order valence-electron chi connectivity index (χ0n) is 17.2. The predicted octanol–water partition coefficient (Wildman–Crippen LogP) is 5.29. The predicted molar refractivity (Wildman–Crippen MR) is 120 cm³/mol. The van der Waals surface area contributed by atoms with Crippen molar-refractivity contribution in [2.45, 2.75) is 26.4 Å². The minimum atomic E-state index is -0.676. The average Bonchev–Trinajstić information content (AvgIpc) is 3.17. The lowest BCUT2D eigenvalue weighted by molar-refractivity contribution is 0.277. The van der Waals surface area contributed by atoms with Crippen LogP contribution in [0.15, 0.2) is 54.9 Å². The van der Waals surface area contributed by atoms with E-state index in [1.807, 2.05) is 6.20 Å². The van der Waals surface area contributed by atoms with Crippen LogP contribution in [0.2, 0.25) is 0 Å². The number of aryl methyl sites for hydroxylation is 1. The van der Waals surface area contributed by atoms with Crippen LogP contribution in [0.25, 0.3) is 10.9 Å². The van der Waals surface area contributed by atoms with Gasteiger partial charge in [-0.05, 0) is 54.3 Å². The van der Waals surface area contributed by atoms with Crippen LogP contribution in [-0.4, -0.2) is 21.6 Å². The topological polar surface area (TPSA) is 73.0 Å². The van der Waals surface area contributed by atoms with E-state index in [-0.39, 0.29) is 18.0 Å². The van der Waals surface area contributed by atoms with Gasteiger partial charge in [0, 0.05) is 41.2 Å². The quantitative estimate of drug-likeness (QED) is 0.311. The minimum Gasteiger partial charge on any atom is -0.390 e. The molecule has 0 bridgehead atoms. The maximum atomic E-state index is 14.6. The molecule has 0 saturated heterocycles. The van der Waals surface area contributed by atoms with Crippen molar-refractivity contribution in [2.24, 2.45) is 0 Å². The number of nitrogens with zero attached hydrogens (tertiary/aromatic N) is 1. The highest BCUT2D eigenvalue weighted by molar-refractivity contribution is 5.83. The Bertz CT molecular complexity index is 1180. The zero-order valence-corrected chi connectivity index (χ0v) is 17.2. The molecule has 4 N–H and O–H groups in total. The van der Waals surface area contributed by atoms with Crippen LogP contribution in [0.1, 0.15) is 23.7 Å². The fourth-order valence-corrected chi connectivity index (χ4v) is 3.61. The summed E-state index contributed by atoms with van der Waals surface area (Å²) in [4.78, 5) is 7.25. The third-order valence-corrected chi connectivity index (χ3v) is 5.25. The van der Waals surface area contributed by atoms with Gasteiger partial charge in [0.25, 0.3) is 0 Å². The molecule has 0 aliphatic rings. The van der Waals surface area contributed by atoms with Crippen molar-refractivity contribution in [1.29, 1.82) is 0 Å². The van der Waals surface area contributed by atoms with Gasteiger partial charge in [-0.15, -0.1) is 0 Å². The number of pyridine rings is 1. The standard InChI is InChI=1S/C24H24F2N4O/c1-2-15-3-4-20-16(13-29-23(20)9-15)5-7-28-24-21(25)11-18(12-22(24)26)30-17-6-8-27-19(10-17)14-31/h3-4,6,8-13,28-29,31H,2,5,7,14H2,1H3,(H,27,30). The van der Waals surface area contributed by atoms with Crippen molar-refractivity contribution in [1.82, 2.24) is 9.97 Å². The first kappa shape index (κ1) is 20.8. The molecular formula is C24H24F2N4O. The first-order valence-electron chi connectivity index (χ1n) is 10.2. The summed E-state index contributed by atoms with van der Waals surface area (Å²) in [6, 6.07) is 12.1. The van der Waals surface area contributed by atoms with Crippen LogP contribution in [0.5, 0.6) is 0 Å². The molecule has 0 atom stereocenters. The fraction of sp³-hybridized carbons (Fsp3) is 0.208. The molecule has 0 radical (unpaired) electrons. The number of benzene rings is 2. The van der Waals surface area contributed by atoms with Crippen LogP contribution in [0, 0.1) is 11.6 Å². The molecule has 0 aliphatic carbocycles. The number of hydrogen-bond donors (Lipinski definition) is 4. The van der Waals surface area contributed by atoms with Gasteiger partial charge in [0.1, 0.15) is 5.69 Å². The largest absolute Gasteiger partial charge is 0.390 e. The van der Waals surface area contributed by atoms with Gasteiger partial charge in [0.05, 0.1) is 12.3 Å². The molecule has 0 saturated carbocycles. The van der Waals surface area contributed by atoms with Gasteiger partial charge in [-0.2, -0.15) is 0 Å². The molecule has 0 fully saturated rings. The Labute approximate surface area is 179 Å². The summed E-state index contributed by atoms with van der Waals surface area (Å²) in [5.74, 6) is -1.35. The van der Waals surface area contributed by atoms with Crippen LogP contribution >= 0.6 is 0 Å². The third kappa shape index (κ3) is 4.67. The molecule has 5 nitrogen and oxygen atoms in total. The van der Waals surface area contributed by atoms with Crippen LogP contribution < -0.4 is 10.6 Å². The number of hydrogen-bond acceptors (Lipinski definition) is 4. The zero-order chi connectivity index (χ0) is 21.8. The molecule has 0 amide bonds. The number of fused-ring (bicyclic) bond motifs is 1. The second-order valence-corrected chi connectivity index (χ2v) is 7.36. The number of aliphatic hydroxyl groups is 1. The normalized spacial score (nSPS) is 11.1. The number of H-pyrrole nitrogens is 1. The van der Waals surface area contributed by atoms with Crippen molar-refractivity contribution in [2.75, 3.05) is 17.2 Å². The number of anilines is 3. The van der Waals surface area contributed by atoms with E-state index in [1.165, 1.54) is 23.9 Å². The Kier molecular flexibility index (Phi) is 6.13. The highest BCUT2D eigenvalue weighted by atomic mass is 19.1. The van der Waals surface area contributed by atoms with E-state index in [0.29, 0.717) is 24.3 Å². The first-order chi connectivity index (χ1) is 15.1. The Balaban J connectivity index is 1.43. The molecule has 2 aromatic carbocycles. The van der Waals surface area contributed by atoms with E-state index in [0.717, 1.165) is 22.9 Å². The smallest absolute Gasteiger partial charge is 0.151 e. The molecular weight excluding hydrogens is 398 g/mol. The van der Waals surface area contributed by atoms with Crippen molar-refractivity contribution in [3.8, 4) is 0 Å². The van der Waals surface area contributed by atoms with E-state index >= 15 is 0 Å². The fourth-order valence-electron chi connectivity index (χ4n) is 3.61. The maximum Gasteiger partial charge on any atom is 0.151 e. The monoisotopic (exact) mass is 422 g/mol. The van der Waals surface area contributed by atoms with Gasteiger partial charge >= 0.3 is 0 Å². The Hall–Kier alpha value is -3.45. The summed E-state index contributed by atoms with van der Waals surface area (Å²) in [5, 5.41) is 16.1. The highest BCUT2D eigenvalue weighted by Crippen LogP contribution is 2.26. The SMILES string of the molecule is CCc1ccc2c(CCNc3c(F)cc(Nc4ccnc(CO)c4)cc3F)c[nH]c2c1. The molecule has 4 aromatic rings. The molecule has 2 aromatic heterocycles. The average molecular weight is 422 g/mol. The van der Waals surface area contributed by atoms with E-state index in [9.17, 15) is 8.78 Å². The summed E-state index contributed by atoms with van der Waals surface area (Å²) in [6.07, 6.45) is 5.06. The summed E-state index contributed by atoms with van der Waals surface area (Å²) in [7, 11) is 0. The third-order valence-electron chi connectivity index (χ3n) is 5.25. The molecule has 160 valence electrons. The summed E-state index contributed by atoms with van der Waals surface area (Å²) in [5.41, 5.74) is 4.61. The molecule has 2 heterocycles. The molecule has 0 aliphatic heterocycles. The number of halogens is 2. The van der Waals surface area contributed by atoms with Gasteiger partial charge < -0.3 is 20.7 Å². The van der Waals surface area contributed by atoms with Gasteiger partial charge in [-0.3, -0.25) is 4.98 Å². The van der Waals surface area contributed by atoms with Gasteiger partial charge in [-0.1, -0.05) is 19.1 Å². The van der Waals surface area contributed by atoms with Crippen LogP contribution in [0.3, 0.4) is 0 Å². The minimum absolute atomic E-state index is 0.149. The molecule has 31 heavy (non-hydrogen) atoms. The van der Waals surface area contributed by atoms with Crippen LogP contribution in [-0.2, 0) is 19.4 Å². The molecule has 0 unspecified atom stereocenters. The molecule has 0 spiro atoms. The lowest BCUT2D eigenvalue weighted by Crippen LogP contribution is -2.08. The van der Waals surface area contributed by atoms with Gasteiger partial charge in [-0.25, -0.2) is 8.78 Å². The summed E-state index contributed by atoms with van der Waals surface area (Å²) in [6.45, 7) is 2.30. The van der Waals surface area contributed by atoms with Crippen LogP contribution in [0.4, 0.5) is 25.8 Å². The maximum absolute atomic E-state index is 14.6. The van der Waals surface area contributed by atoms with E-state index in [4.69, 9.17) is 5.11 Å². The van der Waals surface area contributed by atoms with Crippen molar-refractivity contribution in [3.63, 3.8) is 0 Å². The van der Waals surface area contributed by atoms with E-state index in [1.54, 1.807) is 12.1 Å². The van der Waals surface area contributed by atoms with Crippen molar-refractivity contribution in [3.05, 3.63) is 83.3 Å². The Morgan fingerprint density at radius 3 is 2.58 bits per heavy atom. The number of aromatic nitrogens is 2. The highest BCUT2D eigenvalue weighted by Gasteiger charge is 2.12. The molecule has 7 heteroatoms. The summed E-state index contributed by atoms with van der Waals surface area (Å²) >= 11 is 0. The van der Waals surface area contributed by atoms with Crippen molar-refractivity contribution >= 4 is 28.0 Å². The molecule has 4 rings (SSSR count). The second-order valence-electron chi connectivity index (χ2n) is 7.36. The number of aliphatic hydroxyl groups excluding tert-OH is 1. The number of aromatic amines is 1. The van der Waals surface area contributed by atoms with Gasteiger partial charge in [0.2, 0.25) is 0 Å². The Morgan fingerprint density at radius 1 is 1.03 bits per heavy atom. The van der Waals surface area contributed by atoms with Gasteiger partial charge in [0.15, 0.2) is 11.6 Å². The van der Waals surface area contributed by atoms with E-state index < -0.39 is 11.6 Å². The Morgan fingerprint density at radius 2 is 1.84 bits per heavy atom. The first-order valence-corrected chi connectivity index (χ1v) is 10.2. The second kappa shape index (κ2) is 9.14. The summed E-state index contributed by atoms with van der Waals surface area (Å²) < 4.78 is 29.1. The lowest BCUT2D eigenvalue weighted by atomic mass is 10.1. The number of nitrogens with one attached hydrogen (secondary N) is 3. The van der Waals surface area contributed by atoms with E-state index in [2.05, 4.69) is 45.7 Å². The van der Waals surface area contributed by atoms with Crippen molar-refractivity contribution < 1.29 is 13.9 Å². The number of rotatable bonds is 8.